The topological polar surface area (TPSA) is 29.5 Å². The Morgan fingerprint density at radius 3 is 2.57 bits per heavy atom. The molecular weight excluding hydrogens is 306 g/mol. The van der Waals surface area contributed by atoms with Gasteiger partial charge in [-0.2, -0.15) is 0 Å². The molecule has 1 heterocycles. The molecule has 1 unspecified atom stereocenters. The van der Waals surface area contributed by atoms with Crippen LogP contribution in [0, 0.1) is 0 Å². The molecule has 23 heavy (non-hydrogen) atoms. The Hall–Kier alpha value is -1.94. The van der Waals surface area contributed by atoms with Crippen LogP contribution in [0.3, 0.4) is 0 Å². The lowest BCUT2D eigenvalue weighted by molar-refractivity contribution is -0.115. The molecule has 0 bridgehead atoms. The van der Waals surface area contributed by atoms with Crippen molar-refractivity contribution >= 4 is 23.4 Å². The fourth-order valence-corrected chi connectivity index (χ4v) is 3.78. The zero-order valence-electron chi connectivity index (χ0n) is 13.3. The second kappa shape index (κ2) is 7.55. The Bertz CT molecular complexity index is 642. The minimum absolute atomic E-state index is 0.0514. The Morgan fingerprint density at radius 2 is 1.87 bits per heavy atom. The summed E-state index contributed by atoms with van der Waals surface area (Å²) in [6, 6.07) is 18.0. The molecule has 2 aromatic rings. The first-order chi connectivity index (χ1) is 11.3. The van der Waals surface area contributed by atoms with Crippen LogP contribution in [0.1, 0.15) is 30.7 Å². The Balaban J connectivity index is 1.77. The van der Waals surface area contributed by atoms with E-state index in [9.17, 15) is 4.79 Å². The van der Waals surface area contributed by atoms with Crippen molar-refractivity contribution in [2.24, 2.45) is 0 Å². The molecule has 2 aromatic carbocycles. The number of unbranched alkanes of at least 4 members (excludes halogenated alkanes) is 1. The van der Waals surface area contributed by atoms with Gasteiger partial charge < -0.3 is 4.74 Å². The maximum Gasteiger partial charge on any atom is 0.238 e. The van der Waals surface area contributed by atoms with Crippen LogP contribution in [0.5, 0.6) is 5.75 Å². The van der Waals surface area contributed by atoms with Crippen molar-refractivity contribution in [1.29, 1.82) is 0 Å². The third kappa shape index (κ3) is 3.70. The van der Waals surface area contributed by atoms with Crippen LogP contribution < -0.4 is 9.64 Å². The van der Waals surface area contributed by atoms with Gasteiger partial charge in [0.05, 0.1) is 12.4 Å². The molecule has 0 saturated carbocycles. The molecule has 3 rings (SSSR count). The molecule has 0 radical (unpaired) electrons. The largest absolute Gasteiger partial charge is 0.494 e. The molecule has 120 valence electrons. The molecular formula is C19H21NO2S. The third-order valence-electron chi connectivity index (χ3n) is 3.83. The second-order valence-corrected chi connectivity index (χ2v) is 6.60. The summed E-state index contributed by atoms with van der Waals surface area (Å²) in [7, 11) is 0. The maximum atomic E-state index is 12.3. The van der Waals surface area contributed by atoms with Crippen LogP contribution in [0.4, 0.5) is 5.69 Å². The van der Waals surface area contributed by atoms with Gasteiger partial charge in [0.1, 0.15) is 11.1 Å². The van der Waals surface area contributed by atoms with Crippen LogP contribution in [0.25, 0.3) is 0 Å². The number of thioether (sulfide) groups is 1. The van der Waals surface area contributed by atoms with E-state index in [2.05, 4.69) is 19.1 Å². The van der Waals surface area contributed by atoms with Crippen LogP contribution >= 0.6 is 11.8 Å². The molecule has 4 heteroatoms. The van der Waals surface area contributed by atoms with E-state index in [0.29, 0.717) is 5.75 Å². The summed E-state index contributed by atoms with van der Waals surface area (Å²) in [5.74, 6) is 1.54. The highest BCUT2D eigenvalue weighted by molar-refractivity contribution is 8.00. The zero-order chi connectivity index (χ0) is 16.1. The van der Waals surface area contributed by atoms with Crippen LogP contribution in [-0.4, -0.2) is 18.3 Å². The van der Waals surface area contributed by atoms with Gasteiger partial charge in [0.2, 0.25) is 5.91 Å². The maximum absolute atomic E-state index is 12.3. The highest BCUT2D eigenvalue weighted by Crippen LogP contribution is 2.41. The van der Waals surface area contributed by atoms with Crippen LogP contribution in [-0.2, 0) is 4.79 Å². The molecule has 0 N–H and O–H groups in total. The molecule has 1 saturated heterocycles. The molecule has 0 spiro atoms. The second-order valence-electron chi connectivity index (χ2n) is 5.53. The summed E-state index contributed by atoms with van der Waals surface area (Å²) in [6.07, 6.45) is 2.18. The number of carbonyl (C=O) groups is 1. The lowest BCUT2D eigenvalue weighted by Gasteiger charge is -2.24. The predicted octanol–water partition coefficient (Wildman–Crippen LogP) is 4.64. The smallest absolute Gasteiger partial charge is 0.238 e. The van der Waals surface area contributed by atoms with Gasteiger partial charge in [-0.05, 0) is 36.2 Å². The van der Waals surface area contributed by atoms with E-state index in [1.165, 1.54) is 0 Å². The van der Waals surface area contributed by atoms with Crippen LogP contribution in [0.15, 0.2) is 54.6 Å². The summed E-state index contributed by atoms with van der Waals surface area (Å²) in [6.45, 7) is 2.88. The predicted molar refractivity (Wildman–Crippen MR) is 96.0 cm³/mol. The van der Waals surface area contributed by atoms with E-state index in [1.807, 2.05) is 47.4 Å². The van der Waals surface area contributed by atoms with Gasteiger partial charge in [0, 0.05) is 5.69 Å². The Kier molecular flexibility index (Phi) is 5.23. The van der Waals surface area contributed by atoms with Crippen molar-refractivity contribution < 1.29 is 9.53 Å². The van der Waals surface area contributed by atoms with E-state index in [0.717, 1.165) is 36.4 Å². The van der Waals surface area contributed by atoms with Crippen molar-refractivity contribution in [3.05, 3.63) is 60.2 Å². The lowest BCUT2D eigenvalue weighted by atomic mass is 10.2. The van der Waals surface area contributed by atoms with Crippen LogP contribution in [0.2, 0.25) is 0 Å². The van der Waals surface area contributed by atoms with Gasteiger partial charge in [-0.25, -0.2) is 0 Å². The monoisotopic (exact) mass is 327 g/mol. The average molecular weight is 327 g/mol. The van der Waals surface area contributed by atoms with Crippen molar-refractivity contribution in [1.82, 2.24) is 0 Å². The van der Waals surface area contributed by atoms with Crippen molar-refractivity contribution in [3.63, 3.8) is 0 Å². The first kappa shape index (κ1) is 15.9. The number of rotatable bonds is 6. The number of benzene rings is 2. The van der Waals surface area contributed by atoms with Crippen molar-refractivity contribution in [2.45, 2.75) is 25.1 Å². The van der Waals surface area contributed by atoms with Gasteiger partial charge >= 0.3 is 0 Å². The van der Waals surface area contributed by atoms with E-state index >= 15 is 0 Å². The number of hydrogen-bond donors (Lipinski definition) is 0. The summed E-state index contributed by atoms with van der Waals surface area (Å²) in [4.78, 5) is 14.2. The molecule has 1 aliphatic rings. The number of anilines is 1. The number of ether oxygens (including phenoxy) is 1. The van der Waals surface area contributed by atoms with E-state index < -0.39 is 0 Å². The molecule has 1 amide bonds. The summed E-state index contributed by atoms with van der Waals surface area (Å²) < 4.78 is 5.69. The van der Waals surface area contributed by atoms with Gasteiger partial charge in [-0.1, -0.05) is 43.7 Å². The lowest BCUT2D eigenvalue weighted by Crippen LogP contribution is -2.27. The van der Waals surface area contributed by atoms with E-state index in [1.54, 1.807) is 11.8 Å². The van der Waals surface area contributed by atoms with Gasteiger partial charge in [-0.3, -0.25) is 9.69 Å². The van der Waals surface area contributed by atoms with Gasteiger partial charge in [0.25, 0.3) is 0 Å². The summed E-state index contributed by atoms with van der Waals surface area (Å²) in [5, 5.41) is 0.0514. The molecule has 1 aliphatic heterocycles. The minimum atomic E-state index is 0.0514. The molecule has 0 aliphatic carbocycles. The minimum Gasteiger partial charge on any atom is -0.494 e. The number of hydrogen-bond acceptors (Lipinski definition) is 3. The molecule has 0 aromatic heterocycles. The van der Waals surface area contributed by atoms with E-state index in [4.69, 9.17) is 4.74 Å². The highest BCUT2D eigenvalue weighted by Gasteiger charge is 2.33. The summed E-state index contributed by atoms with van der Waals surface area (Å²) in [5.41, 5.74) is 2.09. The highest BCUT2D eigenvalue weighted by atomic mass is 32.2. The fraction of sp³-hybridized carbons (Fsp3) is 0.316. The quantitative estimate of drug-likeness (QED) is 0.724. The van der Waals surface area contributed by atoms with Crippen molar-refractivity contribution in [3.8, 4) is 5.75 Å². The van der Waals surface area contributed by atoms with Gasteiger partial charge in [-0.15, -0.1) is 11.8 Å². The zero-order valence-corrected chi connectivity index (χ0v) is 14.1. The average Bonchev–Trinajstić information content (AvgIpc) is 2.98. The Morgan fingerprint density at radius 1 is 1.13 bits per heavy atom. The molecule has 3 nitrogen and oxygen atoms in total. The SMILES string of the molecule is CCCCOc1ccc(N2C(=O)CSC2c2ccccc2)cc1. The number of carbonyl (C=O) groups excluding carboxylic acids is 1. The molecule has 1 atom stereocenters. The van der Waals surface area contributed by atoms with E-state index in [-0.39, 0.29) is 11.3 Å². The Labute approximate surface area is 141 Å². The standard InChI is InChI=1S/C19H21NO2S/c1-2-3-13-22-17-11-9-16(10-12-17)20-18(21)14-23-19(20)15-7-5-4-6-8-15/h4-12,19H,2-3,13-14H2,1H3. The first-order valence-electron chi connectivity index (χ1n) is 8.01. The summed E-state index contributed by atoms with van der Waals surface area (Å²) >= 11 is 1.67. The normalized spacial score (nSPS) is 17.5. The third-order valence-corrected chi connectivity index (χ3v) is 5.05. The number of nitrogens with zero attached hydrogens (tertiary/aromatic N) is 1. The number of amides is 1. The first-order valence-corrected chi connectivity index (χ1v) is 9.06. The van der Waals surface area contributed by atoms with Crippen molar-refractivity contribution in [2.75, 3.05) is 17.3 Å². The molecule has 1 fully saturated rings. The van der Waals surface area contributed by atoms with Gasteiger partial charge in [0.15, 0.2) is 0 Å². The fourth-order valence-electron chi connectivity index (χ4n) is 2.60.